The molecule has 0 radical (unpaired) electrons. The number of fused-ring (bicyclic) bond motifs is 2. The average molecular weight is 410 g/mol. The zero-order chi connectivity index (χ0) is 20.9. The van der Waals surface area contributed by atoms with Crippen LogP contribution in [0.5, 0.6) is 0 Å². The monoisotopic (exact) mass is 410 g/mol. The molecule has 1 aromatic rings. The van der Waals surface area contributed by atoms with Crippen LogP contribution in [0.15, 0.2) is 24.3 Å². The lowest BCUT2D eigenvalue weighted by atomic mass is 9.84. The van der Waals surface area contributed by atoms with Crippen molar-refractivity contribution in [2.75, 3.05) is 32.7 Å². The summed E-state index contributed by atoms with van der Waals surface area (Å²) < 4.78 is 0. The third-order valence-electron chi connectivity index (χ3n) is 7.11. The highest BCUT2D eigenvalue weighted by Crippen LogP contribution is 2.41. The molecule has 1 saturated carbocycles. The van der Waals surface area contributed by atoms with E-state index in [2.05, 4.69) is 5.32 Å². The summed E-state index contributed by atoms with van der Waals surface area (Å²) in [5.41, 5.74) is 0.856. The van der Waals surface area contributed by atoms with E-state index in [4.69, 9.17) is 0 Å². The number of hydrogen-bond donors (Lipinski definition) is 1. The molecule has 0 bridgehead atoms. The lowest BCUT2D eigenvalue weighted by Gasteiger charge is -2.38. The first kappa shape index (κ1) is 19.1. The van der Waals surface area contributed by atoms with E-state index >= 15 is 0 Å². The van der Waals surface area contributed by atoms with E-state index in [1.165, 1.54) is 0 Å². The molecule has 2 aliphatic heterocycles. The zero-order valence-electron chi connectivity index (χ0n) is 16.9. The van der Waals surface area contributed by atoms with Gasteiger partial charge in [0.2, 0.25) is 11.8 Å². The summed E-state index contributed by atoms with van der Waals surface area (Å²) in [6, 6.07) is 7.13. The summed E-state index contributed by atoms with van der Waals surface area (Å²) in [5, 5.41) is 2.85. The Labute approximate surface area is 175 Å². The van der Waals surface area contributed by atoms with E-state index in [-0.39, 0.29) is 30.2 Å². The second-order valence-electron chi connectivity index (χ2n) is 8.72. The molecule has 5 rings (SSSR count). The van der Waals surface area contributed by atoms with Gasteiger partial charge in [0.15, 0.2) is 0 Å². The van der Waals surface area contributed by atoms with Crippen LogP contribution < -0.4 is 5.32 Å². The van der Waals surface area contributed by atoms with Gasteiger partial charge in [0.25, 0.3) is 5.91 Å². The van der Waals surface area contributed by atoms with Gasteiger partial charge in [-0.1, -0.05) is 30.7 Å². The Hall–Kier alpha value is -2.90. The fourth-order valence-corrected chi connectivity index (χ4v) is 5.06. The van der Waals surface area contributed by atoms with Crippen LogP contribution in [-0.4, -0.2) is 71.2 Å². The first-order chi connectivity index (χ1) is 14.5. The molecule has 3 fully saturated rings. The van der Waals surface area contributed by atoms with Crippen LogP contribution in [0.3, 0.4) is 0 Å². The molecule has 0 aromatic heterocycles. The van der Waals surface area contributed by atoms with E-state index in [1.807, 2.05) is 29.2 Å². The van der Waals surface area contributed by atoms with Crippen molar-refractivity contribution >= 4 is 23.8 Å². The standard InChI is InChI=1S/C22H26N4O4/c27-18(24-10-12-25(13-11-24)19(28)16-5-3-6-16)14-26-20(29)22(23-21(26)30)9-8-15-4-1-2-7-17(15)22/h1-2,4,7,16H,3,5-6,8-14H2,(H,23,30). The first-order valence-electron chi connectivity index (χ1n) is 10.8. The highest BCUT2D eigenvalue weighted by atomic mass is 16.2. The maximum atomic E-state index is 13.2. The molecular weight excluding hydrogens is 384 g/mol. The lowest BCUT2D eigenvalue weighted by Crippen LogP contribution is -2.54. The minimum Gasteiger partial charge on any atom is -0.339 e. The number of imide groups is 1. The van der Waals surface area contributed by atoms with Crippen molar-refractivity contribution in [3.05, 3.63) is 35.4 Å². The van der Waals surface area contributed by atoms with Crippen molar-refractivity contribution in [2.45, 2.75) is 37.6 Å². The number of rotatable bonds is 3. The Morgan fingerprint density at radius 1 is 1.03 bits per heavy atom. The Bertz CT molecular complexity index is 919. The van der Waals surface area contributed by atoms with Crippen LogP contribution in [0.1, 0.15) is 36.8 Å². The number of benzene rings is 1. The largest absolute Gasteiger partial charge is 0.339 e. The molecule has 8 nitrogen and oxygen atoms in total. The summed E-state index contributed by atoms with van der Waals surface area (Å²) in [6.45, 7) is 1.64. The van der Waals surface area contributed by atoms with Crippen LogP contribution in [0, 0.1) is 5.92 Å². The number of urea groups is 1. The summed E-state index contributed by atoms with van der Waals surface area (Å²) in [7, 11) is 0. The molecular formula is C22H26N4O4. The zero-order valence-corrected chi connectivity index (χ0v) is 16.9. The van der Waals surface area contributed by atoms with Gasteiger partial charge in [0.05, 0.1) is 0 Å². The fourth-order valence-electron chi connectivity index (χ4n) is 5.06. The van der Waals surface area contributed by atoms with Crippen molar-refractivity contribution in [1.29, 1.82) is 0 Å². The molecule has 158 valence electrons. The maximum Gasteiger partial charge on any atom is 0.325 e. The van der Waals surface area contributed by atoms with Gasteiger partial charge in [-0.15, -0.1) is 0 Å². The van der Waals surface area contributed by atoms with Gasteiger partial charge >= 0.3 is 6.03 Å². The molecule has 2 saturated heterocycles. The van der Waals surface area contributed by atoms with Gasteiger partial charge in [0, 0.05) is 32.1 Å². The number of carbonyl (C=O) groups excluding carboxylic acids is 4. The second-order valence-corrected chi connectivity index (χ2v) is 8.72. The van der Waals surface area contributed by atoms with Crippen molar-refractivity contribution in [1.82, 2.24) is 20.0 Å². The van der Waals surface area contributed by atoms with Gasteiger partial charge in [-0.05, 0) is 36.8 Å². The van der Waals surface area contributed by atoms with E-state index in [0.717, 1.165) is 41.7 Å². The third-order valence-corrected chi connectivity index (χ3v) is 7.11. The lowest BCUT2D eigenvalue weighted by molar-refractivity contribution is -0.145. The summed E-state index contributed by atoms with van der Waals surface area (Å²) >= 11 is 0. The van der Waals surface area contributed by atoms with Crippen LogP contribution in [0.25, 0.3) is 0 Å². The van der Waals surface area contributed by atoms with Gasteiger partial charge in [-0.3, -0.25) is 19.3 Å². The van der Waals surface area contributed by atoms with Gasteiger partial charge in [-0.2, -0.15) is 0 Å². The maximum absolute atomic E-state index is 13.2. The van der Waals surface area contributed by atoms with E-state index in [9.17, 15) is 19.2 Å². The van der Waals surface area contributed by atoms with Crippen molar-refractivity contribution in [3.63, 3.8) is 0 Å². The minimum absolute atomic E-state index is 0.156. The van der Waals surface area contributed by atoms with Gasteiger partial charge in [-0.25, -0.2) is 4.79 Å². The predicted octanol–water partition coefficient (Wildman–Crippen LogP) is 0.851. The molecule has 1 aromatic carbocycles. The van der Waals surface area contributed by atoms with Crippen LogP contribution >= 0.6 is 0 Å². The second kappa shape index (κ2) is 7.11. The molecule has 8 heteroatoms. The fraction of sp³-hybridized carbons (Fsp3) is 0.545. The van der Waals surface area contributed by atoms with E-state index in [0.29, 0.717) is 32.6 Å². The van der Waals surface area contributed by atoms with Crippen molar-refractivity contribution in [2.24, 2.45) is 5.92 Å². The summed E-state index contributed by atoms with van der Waals surface area (Å²) in [6.07, 6.45) is 4.29. The number of hydrogen-bond acceptors (Lipinski definition) is 4. The molecule has 4 aliphatic rings. The number of nitrogens with zero attached hydrogens (tertiary/aromatic N) is 3. The van der Waals surface area contributed by atoms with Crippen LogP contribution in [-0.2, 0) is 26.3 Å². The molecule has 30 heavy (non-hydrogen) atoms. The molecule has 5 amide bonds. The molecule has 2 aliphatic carbocycles. The van der Waals surface area contributed by atoms with Gasteiger partial charge in [0.1, 0.15) is 12.1 Å². The smallest absolute Gasteiger partial charge is 0.325 e. The van der Waals surface area contributed by atoms with Crippen molar-refractivity contribution in [3.8, 4) is 0 Å². The Morgan fingerprint density at radius 2 is 1.73 bits per heavy atom. The number of aryl methyl sites for hydroxylation is 1. The number of carbonyl (C=O) groups is 4. The summed E-state index contributed by atoms with van der Waals surface area (Å²) in [5.74, 6) is -0.241. The SMILES string of the molecule is O=C(CN1C(=O)NC2(CCc3ccccc32)C1=O)N1CCN(C(=O)C2CCC2)CC1. The molecule has 1 N–H and O–H groups in total. The highest BCUT2D eigenvalue weighted by Gasteiger charge is 2.55. The van der Waals surface area contributed by atoms with E-state index in [1.54, 1.807) is 4.90 Å². The normalized spacial score (nSPS) is 26.1. The number of piperazine rings is 1. The summed E-state index contributed by atoms with van der Waals surface area (Å²) in [4.78, 5) is 55.5. The quantitative estimate of drug-likeness (QED) is 0.748. The number of nitrogens with one attached hydrogen (secondary N) is 1. The van der Waals surface area contributed by atoms with Crippen LogP contribution in [0.4, 0.5) is 4.79 Å². The molecule has 1 atom stereocenters. The first-order valence-corrected chi connectivity index (χ1v) is 10.8. The third kappa shape index (κ3) is 2.88. The topological polar surface area (TPSA) is 90.0 Å². The van der Waals surface area contributed by atoms with Crippen LogP contribution in [0.2, 0.25) is 0 Å². The Kier molecular flexibility index (Phi) is 4.52. The Morgan fingerprint density at radius 3 is 2.43 bits per heavy atom. The molecule has 2 heterocycles. The Balaban J connectivity index is 1.22. The highest BCUT2D eigenvalue weighted by molar-refractivity contribution is 6.09. The molecule has 1 unspecified atom stereocenters. The van der Waals surface area contributed by atoms with E-state index < -0.39 is 11.6 Å². The van der Waals surface area contributed by atoms with Crippen molar-refractivity contribution < 1.29 is 19.2 Å². The number of amides is 5. The minimum atomic E-state index is -1.04. The average Bonchev–Trinajstić information content (AvgIpc) is 3.20. The molecule has 1 spiro atoms. The predicted molar refractivity (Wildman–Crippen MR) is 107 cm³/mol. The van der Waals surface area contributed by atoms with Gasteiger partial charge < -0.3 is 15.1 Å².